The van der Waals surface area contributed by atoms with Gasteiger partial charge in [0, 0.05) is 0 Å². The van der Waals surface area contributed by atoms with Crippen molar-refractivity contribution in [1.82, 2.24) is 0 Å². The summed E-state index contributed by atoms with van der Waals surface area (Å²) in [7, 11) is 1.08. The molecule has 1 heteroatoms. The summed E-state index contributed by atoms with van der Waals surface area (Å²) in [6.45, 7) is 9.14. The van der Waals surface area contributed by atoms with Gasteiger partial charge in [0.05, 0.1) is 0 Å². The van der Waals surface area contributed by atoms with Gasteiger partial charge in [-0.15, -0.1) is 8.58 Å². The second kappa shape index (κ2) is 2.67. The van der Waals surface area contributed by atoms with E-state index in [-0.39, 0.29) is 0 Å². The van der Waals surface area contributed by atoms with E-state index >= 15 is 0 Å². The lowest BCUT2D eigenvalue weighted by molar-refractivity contribution is 0.679. The second-order valence-electron chi connectivity index (χ2n) is 2.49. The maximum atomic E-state index is 2.31. The predicted molar refractivity (Wildman–Crippen MR) is 38.6 cm³/mol. The SMILES string of the molecule is CCC(C)(C)PC. The highest BCUT2D eigenvalue weighted by Gasteiger charge is 2.09. The van der Waals surface area contributed by atoms with E-state index in [1.165, 1.54) is 6.42 Å². The molecule has 0 aromatic rings. The fourth-order valence-corrected chi connectivity index (χ4v) is 0.530. The Morgan fingerprint density at radius 1 is 1.43 bits per heavy atom. The van der Waals surface area contributed by atoms with Crippen molar-refractivity contribution in [1.29, 1.82) is 0 Å². The van der Waals surface area contributed by atoms with Crippen LogP contribution in [0.2, 0.25) is 0 Å². The zero-order chi connectivity index (χ0) is 5.91. The molecule has 1 atom stereocenters. The van der Waals surface area contributed by atoms with E-state index in [1.807, 2.05) is 0 Å². The monoisotopic (exact) mass is 118 g/mol. The van der Waals surface area contributed by atoms with Crippen LogP contribution in [0.15, 0.2) is 0 Å². The fraction of sp³-hybridized carbons (Fsp3) is 1.00. The summed E-state index contributed by atoms with van der Waals surface area (Å²) >= 11 is 0. The van der Waals surface area contributed by atoms with Crippen LogP contribution in [0.5, 0.6) is 0 Å². The summed E-state index contributed by atoms with van der Waals surface area (Å²) in [6.07, 6.45) is 1.31. The number of hydrogen-bond acceptors (Lipinski definition) is 0. The van der Waals surface area contributed by atoms with Crippen molar-refractivity contribution in [2.75, 3.05) is 6.66 Å². The highest BCUT2D eigenvalue weighted by Crippen LogP contribution is 2.29. The Morgan fingerprint density at radius 2 is 1.86 bits per heavy atom. The quantitative estimate of drug-likeness (QED) is 0.488. The average molecular weight is 118 g/mol. The number of rotatable bonds is 2. The normalized spacial score (nSPS) is 13.7. The first-order valence-electron chi connectivity index (χ1n) is 2.81. The van der Waals surface area contributed by atoms with Gasteiger partial charge >= 0.3 is 0 Å². The highest BCUT2D eigenvalue weighted by atomic mass is 31.1. The highest BCUT2D eigenvalue weighted by molar-refractivity contribution is 7.38. The van der Waals surface area contributed by atoms with E-state index in [0.717, 1.165) is 8.58 Å². The summed E-state index contributed by atoms with van der Waals surface area (Å²) in [5.41, 5.74) is 0. The van der Waals surface area contributed by atoms with Gasteiger partial charge in [0.1, 0.15) is 0 Å². The van der Waals surface area contributed by atoms with Crippen molar-refractivity contribution >= 4 is 8.58 Å². The molecule has 0 aliphatic rings. The lowest BCUT2D eigenvalue weighted by Crippen LogP contribution is -2.08. The van der Waals surface area contributed by atoms with Gasteiger partial charge in [-0.2, -0.15) is 0 Å². The molecule has 0 nitrogen and oxygen atoms in total. The first-order chi connectivity index (χ1) is 3.12. The molecule has 0 fully saturated rings. The molecule has 0 aliphatic carbocycles. The zero-order valence-corrected chi connectivity index (χ0v) is 6.71. The van der Waals surface area contributed by atoms with Crippen LogP contribution < -0.4 is 0 Å². The van der Waals surface area contributed by atoms with Crippen molar-refractivity contribution < 1.29 is 0 Å². The summed E-state index contributed by atoms with van der Waals surface area (Å²) in [4.78, 5) is 0. The summed E-state index contributed by atoms with van der Waals surface area (Å²) in [6, 6.07) is 0. The van der Waals surface area contributed by atoms with E-state index < -0.39 is 0 Å². The van der Waals surface area contributed by atoms with E-state index in [9.17, 15) is 0 Å². The van der Waals surface area contributed by atoms with Gasteiger partial charge in [0.15, 0.2) is 0 Å². The molecule has 0 amide bonds. The molecule has 0 spiro atoms. The summed E-state index contributed by atoms with van der Waals surface area (Å²) in [5, 5.41) is 0.611. The molecule has 0 radical (unpaired) electrons. The third kappa shape index (κ3) is 3.05. The fourth-order valence-electron chi connectivity index (χ4n) is 0.177. The van der Waals surface area contributed by atoms with Crippen molar-refractivity contribution in [2.45, 2.75) is 32.3 Å². The largest absolute Gasteiger partial charge is 0.119 e. The minimum atomic E-state index is 0.611. The maximum absolute atomic E-state index is 2.31. The summed E-state index contributed by atoms with van der Waals surface area (Å²) < 4.78 is 0. The van der Waals surface area contributed by atoms with Crippen LogP contribution in [0.1, 0.15) is 27.2 Å². The lowest BCUT2D eigenvalue weighted by atomic mass is 10.1. The molecule has 0 saturated heterocycles. The van der Waals surface area contributed by atoms with Gasteiger partial charge < -0.3 is 0 Å². The molecular weight excluding hydrogens is 103 g/mol. The molecule has 0 aromatic heterocycles. The molecular formula is C6H15P. The maximum Gasteiger partial charge on any atom is -0.0184 e. The molecule has 0 saturated carbocycles. The Labute approximate surface area is 48.5 Å². The average Bonchev–Trinajstić information content (AvgIpc) is 1.68. The van der Waals surface area contributed by atoms with E-state index in [4.69, 9.17) is 0 Å². The molecule has 44 valence electrons. The smallest absolute Gasteiger partial charge is 0.0184 e. The van der Waals surface area contributed by atoms with Crippen LogP contribution in [-0.4, -0.2) is 11.8 Å². The van der Waals surface area contributed by atoms with Crippen LogP contribution in [0, 0.1) is 0 Å². The van der Waals surface area contributed by atoms with Crippen LogP contribution >= 0.6 is 8.58 Å². The van der Waals surface area contributed by atoms with Gasteiger partial charge in [-0.05, 0) is 18.2 Å². The van der Waals surface area contributed by atoms with Gasteiger partial charge in [-0.1, -0.05) is 20.8 Å². The molecule has 1 unspecified atom stereocenters. The number of hydrogen-bond donors (Lipinski definition) is 0. The zero-order valence-electron chi connectivity index (χ0n) is 5.71. The van der Waals surface area contributed by atoms with Crippen molar-refractivity contribution in [3.8, 4) is 0 Å². The van der Waals surface area contributed by atoms with E-state index in [2.05, 4.69) is 27.4 Å². The van der Waals surface area contributed by atoms with Gasteiger partial charge in [-0.3, -0.25) is 0 Å². The van der Waals surface area contributed by atoms with Crippen LogP contribution in [0.3, 0.4) is 0 Å². The van der Waals surface area contributed by atoms with Gasteiger partial charge in [-0.25, -0.2) is 0 Å². The van der Waals surface area contributed by atoms with Crippen LogP contribution in [-0.2, 0) is 0 Å². The van der Waals surface area contributed by atoms with Gasteiger partial charge in [0.2, 0.25) is 0 Å². The molecule has 0 aliphatic heterocycles. The first-order valence-corrected chi connectivity index (χ1v) is 4.31. The Balaban J connectivity index is 3.36. The Morgan fingerprint density at radius 3 is 1.86 bits per heavy atom. The molecule has 0 N–H and O–H groups in total. The molecule has 0 heterocycles. The molecule has 0 aromatic carbocycles. The van der Waals surface area contributed by atoms with Crippen molar-refractivity contribution in [3.63, 3.8) is 0 Å². The van der Waals surface area contributed by atoms with Crippen LogP contribution in [0.25, 0.3) is 0 Å². The Hall–Kier alpha value is 0.430. The second-order valence-corrected chi connectivity index (χ2v) is 4.34. The van der Waals surface area contributed by atoms with E-state index in [1.54, 1.807) is 0 Å². The molecule has 0 rings (SSSR count). The van der Waals surface area contributed by atoms with Crippen molar-refractivity contribution in [3.05, 3.63) is 0 Å². The van der Waals surface area contributed by atoms with Crippen LogP contribution in [0.4, 0.5) is 0 Å². The Bertz CT molecular complexity index is 42.1. The topological polar surface area (TPSA) is 0 Å². The third-order valence-electron chi connectivity index (χ3n) is 1.56. The third-order valence-corrected chi connectivity index (χ3v) is 3.27. The lowest BCUT2D eigenvalue weighted by Gasteiger charge is -2.18. The van der Waals surface area contributed by atoms with Crippen molar-refractivity contribution in [2.24, 2.45) is 0 Å². The predicted octanol–water partition coefficient (Wildman–Crippen LogP) is 2.48. The standard InChI is InChI=1S/C6H15P/c1-5-6(2,3)7-4/h7H,5H2,1-4H3. The molecule has 7 heavy (non-hydrogen) atoms. The Kier molecular flexibility index (Phi) is 2.83. The van der Waals surface area contributed by atoms with E-state index in [0.29, 0.717) is 5.16 Å². The summed E-state index contributed by atoms with van der Waals surface area (Å²) in [5.74, 6) is 0. The molecule has 0 bridgehead atoms. The minimum absolute atomic E-state index is 0.611. The van der Waals surface area contributed by atoms with Gasteiger partial charge in [0.25, 0.3) is 0 Å². The first kappa shape index (κ1) is 7.43. The minimum Gasteiger partial charge on any atom is -0.119 e.